The lowest BCUT2D eigenvalue weighted by atomic mass is 10.2. The Kier molecular flexibility index (Phi) is 6.23. The summed E-state index contributed by atoms with van der Waals surface area (Å²) >= 11 is 0. The number of benzene rings is 1. The number of carbonyl (C=O) groups excluding carboxylic acids is 2. The Labute approximate surface area is 118 Å². The third-order valence-corrected chi connectivity index (χ3v) is 2.46. The van der Waals surface area contributed by atoms with E-state index in [1.54, 1.807) is 13.8 Å². The van der Waals surface area contributed by atoms with Crippen LogP contribution in [-0.2, 0) is 25.7 Å². The molecule has 1 aromatic carbocycles. The van der Waals surface area contributed by atoms with Gasteiger partial charge in [0.2, 0.25) is 0 Å². The predicted molar refractivity (Wildman–Crippen MR) is 75.8 cm³/mol. The van der Waals surface area contributed by atoms with Gasteiger partial charge in [0.15, 0.2) is 0 Å². The highest BCUT2D eigenvalue weighted by Crippen LogP contribution is 2.07. The third-order valence-electron chi connectivity index (χ3n) is 2.46. The van der Waals surface area contributed by atoms with Crippen molar-refractivity contribution in [1.29, 1.82) is 0 Å². The second-order valence-electron chi connectivity index (χ2n) is 4.13. The van der Waals surface area contributed by atoms with Crippen molar-refractivity contribution in [2.75, 3.05) is 6.61 Å². The molecule has 1 rings (SSSR count). The molecular weight excluding hydrogens is 256 g/mol. The van der Waals surface area contributed by atoms with Crippen LogP contribution in [0, 0.1) is 0 Å². The van der Waals surface area contributed by atoms with Gasteiger partial charge in [-0.15, -0.1) is 0 Å². The van der Waals surface area contributed by atoms with Crippen LogP contribution >= 0.6 is 0 Å². The van der Waals surface area contributed by atoms with Crippen molar-refractivity contribution in [1.82, 2.24) is 0 Å². The lowest BCUT2D eigenvalue weighted by molar-refractivity contribution is -0.140. The zero-order valence-corrected chi connectivity index (χ0v) is 11.7. The molecule has 106 valence electrons. The molecule has 0 aromatic heterocycles. The second kappa shape index (κ2) is 7.94. The van der Waals surface area contributed by atoms with Crippen LogP contribution in [0.5, 0.6) is 0 Å². The first-order valence-electron chi connectivity index (χ1n) is 6.30. The van der Waals surface area contributed by atoms with Gasteiger partial charge in [0.25, 0.3) is 0 Å². The lowest BCUT2D eigenvalue weighted by Crippen LogP contribution is -2.09. The van der Waals surface area contributed by atoms with E-state index in [2.05, 4.69) is 6.58 Å². The Balaban J connectivity index is 2.54. The van der Waals surface area contributed by atoms with E-state index in [0.29, 0.717) is 5.57 Å². The maximum Gasteiger partial charge on any atom is 0.337 e. The van der Waals surface area contributed by atoms with Gasteiger partial charge >= 0.3 is 11.9 Å². The minimum absolute atomic E-state index is 0.126. The summed E-state index contributed by atoms with van der Waals surface area (Å²) < 4.78 is 9.91. The zero-order valence-electron chi connectivity index (χ0n) is 11.7. The first-order valence-corrected chi connectivity index (χ1v) is 6.30. The number of esters is 2. The first-order chi connectivity index (χ1) is 9.54. The second-order valence-corrected chi connectivity index (χ2v) is 4.13. The fraction of sp³-hybridized carbons (Fsp3) is 0.250. The van der Waals surface area contributed by atoms with Crippen molar-refractivity contribution in [3.05, 3.63) is 59.7 Å². The molecule has 0 amide bonds. The summed E-state index contributed by atoms with van der Waals surface area (Å²) in [6.45, 7) is 7.28. The number of carbonyl (C=O) groups is 2. The molecule has 0 saturated carbocycles. The van der Waals surface area contributed by atoms with E-state index in [4.69, 9.17) is 9.47 Å². The SMILES string of the molecule is C=C(/C=C(\C)C(=O)OCc1ccccc1)C(=O)OCC. The van der Waals surface area contributed by atoms with Crippen LogP contribution in [0.1, 0.15) is 19.4 Å². The Morgan fingerprint density at radius 3 is 2.40 bits per heavy atom. The van der Waals surface area contributed by atoms with E-state index in [9.17, 15) is 9.59 Å². The van der Waals surface area contributed by atoms with Gasteiger partial charge in [-0.2, -0.15) is 0 Å². The minimum atomic E-state index is -0.539. The molecule has 0 radical (unpaired) electrons. The molecule has 0 aliphatic heterocycles. The Hall–Kier alpha value is -2.36. The topological polar surface area (TPSA) is 52.6 Å². The predicted octanol–water partition coefficient (Wildman–Crippen LogP) is 2.80. The van der Waals surface area contributed by atoms with Gasteiger partial charge in [-0.05, 0) is 25.5 Å². The van der Waals surface area contributed by atoms with Gasteiger partial charge < -0.3 is 9.47 Å². The van der Waals surface area contributed by atoms with Crippen LogP contribution in [0.3, 0.4) is 0 Å². The molecule has 0 atom stereocenters. The summed E-state index contributed by atoms with van der Waals surface area (Å²) in [7, 11) is 0. The highest BCUT2D eigenvalue weighted by atomic mass is 16.5. The van der Waals surface area contributed by atoms with Crippen LogP contribution in [0.15, 0.2) is 54.1 Å². The smallest absolute Gasteiger partial charge is 0.337 e. The molecule has 0 spiro atoms. The maximum absolute atomic E-state index is 11.7. The standard InChI is InChI=1S/C16H18O4/c1-4-19-15(17)12(2)10-13(3)16(18)20-11-14-8-6-5-7-9-14/h5-10H,2,4,11H2,1,3H3/b13-10+. The summed E-state index contributed by atoms with van der Waals surface area (Å²) in [4.78, 5) is 23.1. The largest absolute Gasteiger partial charge is 0.462 e. The van der Waals surface area contributed by atoms with Crippen molar-refractivity contribution in [2.45, 2.75) is 20.5 Å². The third kappa shape index (κ3) is 5.10. The number of hydrogen-bond donors (Lipinski definition) is 0. The normalized spacial score (nSPS) is 10.8. The molecule has 0 saturated heterocycles. The van der Waals surface area contributed by atoms with E-state index >= 15 is 0 Å². The molecule has 4 heteroatoms. The molecule has 0 aliphatic rings. The van der Waals surface area contributed by atoms with Gasteiger partial charge in [-0.1, -0.05) is 36.9 Å². The quantitative estimate of drug-likeness (QED) is 0.455. The summed E-state index contributed by atoms with van der Waals surface area (Å²) in [5.41, 5.74) is 1.33. The molecule has 1 aromatic rings. The van der Waals surface area contributed by atoms with Crippen LogP contribution in [0.2, 0.25) is 0 Å². The summed E-state index contributed by atoms with van der Waals surface area (Å²) in [5, 5.41) is 0. The van der Waals surface area contributed by atoms with E-state index in [1.165, 1.54) is 6.08 Å². The minimum Gasteiger partial charge on any atom is -0.462 e. The lowest BCUT2D eigenvalue weighted by Gasteiger charge is -2.06. The number of rotatable bonds is 6. The van der Waals surface area contributed by atoms with Gasteiger partial charge in [-0.3, -0.25) is 0 Å². The zero-order chi connectivity index (χ0) is 15.0. The van der Waals surface area contributed by atoms with Crippen LogP contribution < -0.4 is 0 Å². The molecule has 0 heterocycles. The molecule has 20 heavy (non-hydrogen) atoms. The Bertz CT molecular complexity index is 515. The summed E-state index contributed by atoms with van der Waals surface area (Å²) in [6.07, 6.45) is 1.37. The summed E-state index contributed by atoms with van der Waals surface area (Å²) in [5.74, 6) is -1.03. The van der Waals surface area contributed by atoms with Crippen LogP contribution in [-0.4, -0.2) is 18.5 Å². The van der Waals surface area contributed by atoms with Crippen LogP contribution in [0.25, 0.3) is 0 Å². The van der Waals surface area contributed by atoms with Crippen molar-refractivity contribution >= 4 is 11.9 Å². The molecule has 0 bridgehead atoms. The fourth-order valence-electron chi connectivity index (χ4n) is 1.44. The van der Waals surface area contributed by atoms with E-state index in [0.717, 1.165) is 5.56 Å². The Morgan fingerprint density at radius 1 is 1.15 bits per heavy atom. The maximum atomic E-state index is 11.7. The molecule has 0 unspecified atom stereocenters. The molecule has 0 N–H and O–H groups in total. The van der Waals surface area contributed by atoms with Gasteiger partial charge in [0.1, 0.15) is 6.61 Å². The first kappa shape index (κ1) is 15.7. The monoisotopic (exact) mass is 274 g/mol. The van der Waals surface area contributed by atoms with Gasteiger partial charge in [0, 0.05) is 5.57 Å². The molecule has 4 nitrogen and oxygen atoms in total. The van der Waals surface area contributed by atoms with Crippen molar-refractivity contribution in [2.24, 2.45) is 0 Å². The molecule has 0 fully saturated rings. The van der Waals surface area contributed by atoms with E-state index in [1.807, 2.05) is 30.3 Å². The number of hydrogen-bond acceptors (Lipinski definition) is 4. The average Bonchev–Trinajstić information content (AvgIpc) is 2.45. The van der Waals surface area contributed by atoms with Gasteiger partial charge in [-0.25, -0.2) is 9.59 Å². The fourth-order valence-corrected chi connectivity index (χ4v) is 1.44. The Morgan fingerprint density at radius 2 is 1.80 bits per heavy atom. The van der Waals surface area contributed by atoms with E-state index in [-0.39, 0.29) is 18.8 Å². The highest BCUT2D eigenvalue weighted by molar-refractivity contribution is 5.95. The van der Waals surface area contributed by atoms with E-state index < -0.39 is 11.9 Å². The van der Waals surface area contributed by atoms with Crippen molar-refractivity contribution < 1.29 is 19.1 Å². The number of ether oxygens (including phenoxy) is 2. The van der Waals surface area contributed by atoms with Crippen LogP contribution in [0.4, 0.5) is 0 Å². The molecule has 0 aliphatic carbocycles. The van der Waals surface area contributed by atoms with Gasteiger partial charge in [0.05, 0.1) is 12.2 Å². The molecular formula is C16H18O4. The van der Waals surface area contributed by atoms with Crippen molar-refractivity contribution in [3.63, 3.8) is 0 Å². The summed E-state index contributed by atoms with van der Waals surface area (Å²) in [6, 6.07) is 9.36. The van der Waals surface area contributed by atoms with Crippen molar-refractivity contribution in [3.8, 4) is 0 Å². The highest BCUT2D eigenvalue weighted by Gasteiger charge is 2.10. The average molecular weight is 274 g/mol.